The van der Waals surface area contributed by atoms with Crippen molar-refractivity contribution < 1.29 is 9.63 Å². The van der Waals surface area contributed by atoms with E-state index in [-0.39, 0.29) is 17.9 Å². The highest BCUT2D eigenvalue weighted by Crippen LogP contribution is 2.27. The van der Waals surface area contributed by atoms with Crippen LogP contribution in [0.1, 0.15) is 44.9 Å². The van der Waals surface area contributed by atoms with Gasteiger partial charge in [-0.2, -0.15) is 0 Å². The van der Waals surface area contributed by atoms with Crippen LogP contribution >= 0.6 is 0 Å². The Hall–Kier alpha value is -1.72. The molecule has 0 aromatic heterocycles. The number of hydrogen-bond acceptors (Lipinski definition) is 5. The van der Waals surface area contributed by atoms with Gasteiger partial charge in [0.1, 0.15) is 0 Å². The molecule has 0 bridgehead atoms. The predicted octanol–water partition coefficient (Wildman–Crippen LogP) is 3.16. The average Bonchev–Trinajstić information content (AvgIpc) is 3.20. The first-order chi connectivity index (χ1) is 12.8. The minimum atomic E-state index is -0.202. The molecule has 1 saturated heterocycles. The largest absolute Gasteiger partial charge is 0.299 e. The molecule has 2 aliphatic heterocycles. The summed E-state index contributed by atoms with van der Waals surface area (Å²) in [4.78, 5) is 25.4. The van der Waals surface area contributed by atoms with Crippen LogP contribution in [0.5, 0.6) is 0 Å². The van der Waals surface area contributed by atoms with Crippen molar-refractivity contribution >= 4 is 11.6 Å². The van der Waals surface area contributed by atoms with E-state index in [1.165, 1.54) is 18.4 Å². The van der Waals surface area contributed by atoms with Crippen LogP contribution in [0.3, 0.4) is 0 Å². The quantitative estimate of drug-likeness (QED) is 0.770. The van der Waals surface area contributed by atoms with Gasteiger partial charge >= 0.3 is 0 Å². The first-order valence-electron chi connectivity index (χ1n) is 10.0. The van der Waals surface area contributed by atoms with E-state index in [1.54, 1.807) is 0 Å². The minimum Gasteiger partial charge on any atom is -0.299 e. The number of piperidine rings is 1. The Morgan fingerprint density at radius 2 is 2.08 bits per heavy atom. The summed E-state index contributed by atoms with van der Waals surface area (Å²) in [5.41, 5.74) is 4.36. The van der Waals surface area contributed by atoms with Crippen molar-refractivity contribution in [3.05, 3.63) is 36.0 Å². The van der Waals surface area contributed by atoms with Crippen molar-refractivity contribution in [2.75, 3.05) is 19.6 Å². The van der Waals surface area contributed by atoms with Crippen molar-refractivity contribution in [1.82, 2.24) is 10.4 Å². The normalized spacial score (nSPS) is 30.0. The third-order valence-electron chi connectivity index (χ3n) is 5.97. The summed E-state index contributed by atoms with van der Waals surface area (Å²) in [7, 11) is 0. The first-order valence-corrected chi connectivity index (χ1v) is 10.0. The summed E-state index contributed by atoms with van der Waals surface area (Å²) in [6.45, 7) is 3.25. The molecule has 2 aliphatic carbocycles. The van der Waals surface area contributed by atoms with E-state index < -0.39 is 0 Å². The molecule has 0 saturated carbocycles. The third kappa shape index (κ3) is 4.15. The SMILES string of the molecule is O=C(C1=NC(C2CCN(CC3=CC=CCC3)CC2)ON1)C1CC=CCC1. The molecular weight excluding hydrogens is 326 g/mol. The van der Waals surface area contributed by atoms with Crippen LogP contribution in [-0.4, -0.2) is 42.4 Å². The van der Waals surface area contributed by atoms with Gasteiger partial charge in [0, 0.05) is 18.4 Å². The minimum absolute atomic E-state index is 0.0632. The number of rotatable bonds is 5. The van der Waals surface area contributed by atoms with Gasteiger partial charge in [0.25, 0.3) is 0 Å². The van der Waals surface area contributed by atoms with Crippen LogP contribution in [0, 0.1) is 11.8 Å². The van der Waals surface area contributed by atoms with Crippen molar-refractivity contribution in [3.8, 4) is 0 Å². The number of hydrogen-bond donors (Lipinski definition) is 1. The fourth-order valence-electron chi connectivity index (χ4n) is 4.30. The molecule has 2 heterocycles. The number of hydroxylamine groups is 1. The van der Waals surface area contributed by atoms with Crippen LogP contribution in [0.25, 0.3) is 0 Å². The van der Waals surface area contributed by atoms with Crippen molar-refractivity contribution in [1.29, 1.82) is 0 Å². The molecule has 5 heteroatoms. The zero-order valence-corrected chi connectivity index (χ0v) is 15.4. The second-order valence-electron chi connectivity index (χ2n) is 7.84. The van der Waals surface area contributed by atoms with E-state index >= 15 is 0 Å². The van der Waals surface area contributed by atoms with Gasteiger partial charge in [-0.05, 0) is 58.0 Å². The maximum absolute atomic E-state index is 12.6. The van der Waals surface area contributed by atoms with Gasteiger partial charge in [-0.1, -0.05) is 36.0 Å². The summed E-state index contributed by atoms with van der Waals surface area (Å²) < 4.78 is 0. The van der Waals surface area contributed by atoms with Gasteiger partial charge in [0.15, 0.2) is 12.1 Å². The molecule has 1 fully saturated rings. The molecule has 5 nitrogen and oxygen atoms in total. The molecule has 2 unspecified atom stereocenters. The van der Waals surface area contributed by atoms with Crippen molar-refractivity contribution in [2.24, 2.45) is 16.8 Å². The smallest absolute Gasteiger partial charge is 0.202 e. The lowest BCUT2D eigenvalue weighted by Crippen LogP contribution is -2.39. The molecular formula is C21H29N3O2. The summed E-state index contributed by atoms with van der Waals surface area (Å²) >= 11 is 0. The molecule has 26 heavy (non-hydrogen) atoms. The van der Waals surface area contributed by atoms with Crippen LogP contribution in [0.2, 0.25) is 0 Å². The van der Waals surface area contributed by atoms with Gasteiger partial charge in [-0.3, -0.25) is 9.69 Å². The van der Waals surface area contributed by atoms with Gasteiger partial charge in [-0.25, -0.2) is 15.3 Å². The zero-order chi connectivity index (χ0) is 17.8. The molecule has 0 aromatic rings. The lowest BCUT2D eigenvalue weighted by molar-refractivity contribution is -0.117. The summed E-state index contributed by atoms with van der Waals surface area (Å²) in [5, 5.41) is 0. The highest BCUT2D eigenvalue weighted by atomic mass is 16.7. The number of allylic oxidation sites excluding steroid dienone is 5. The number of amidine groups is 1. The monoisotopic (exact) mass is 355 g/mol. The van der Waals surface area contributed by atoms with Crippen molar-refractivity contribution in [3.63, 3.8) is 0 Å². The second kappa shape index (κ2) is 8.31. The van der Waals surface area contributed by atoms with Crippen LogP contribution in [0.4, 0.5) is 0 Å². The number of aliphatic imine (C=N–C) groups is 1. The van der Waals surface area contributed by atoms with Gasteiger partial charge < -0.3 is 0 Å². The van der Waals surface area contributed by atoms with E-state index in [9.17, 15) is 4.79 Å². The number of Topliss-reactive ketones (excluding diaryl/α,β-unsaturated/α-hetero) is 1. The Balaban J connectivity index is 1.27. The Kier molecular flexibility index (Phi) is 5.65. The number of carbonyl (C=O) groups is 1. The molecule has 0 radical (unpaired) electrons. The Morgan fingerprint density at radius 3 is 2.81 bits per heavy atom. The first kappa shape index (κ1) is 17.7. The molecule has 4 aliphatic rings. The van der Waals surface area contributed by atoms with E-state index in [0.717, 1.165) is 51.7 Å². The molecule has 2 atom stereocenters. The summed E-state index contributed by atoms with van der Waals surface area (Å²) in [6, 6.07) is 0. The third-order valence-corrected chi connectivity index (χ3v) is 5.97. The van der Waals surface area contributed by atoms with Crippen molar-refractivity contribution in [2.45, 2.75) is 51.2 Å². The topological polar surface area (TPSA) is 53.9 Å². The average molecular weight is 355 g/mol. The molecule has 0 amide bonds. The molecule has 140 valence electrons. The maximum Gasteiger partial charge on any atom is 0.202 e. The zero-order valence-electron chi connectivity index (χ0n) is 15.4. The fourth-order valence-corrected chi connectivity index (χ4v) is 4.30. The van der Waals surface area contributed by atoms with E-state index in [4.69, 9.17) is 4.84 Å². The molecule has 1 N–H and O–H groups in total. The highest BCUT2D eigenvalue weighted by Gasteiger charge is 2.34. The Bertz CT molecular complexity index is 642. The van der Waals surface area contributed by atoms with Gasteiger partial charge in [0.05, 0.1) is 0 Å². The number of likely N-dealkylation sites (tertiary alicyclic amines) is 1. The fraction of sp³-hybridized carbons (Fsp3) is 0.619. The molecule has 4 rings (SSSR count). The second-order valence-corrected chi connectivity index (χ2v) is 7.84. The lowest BCUT2D eigenvalue weighted by Gasteiger charge is -2.33. The molecule has 0 aromatic carbocycles. The molecule has 0 spiro atoms. The summed E-state index contributed by atoms with van der Waals surface area (Å²) in [6.07, 6.45) is 18.0. The van der Waals surface area contributed by atoms with Crippen LogP contribution in [-0.2, 0) is 9.63 Å². The van der Waals surface area contributed by atoms with Gasteiger partial charge in [-0.15, -0.1) is 0 Å². The maximum atomic E-state index is 12.6. The standard InChI is InChI=1S/C21H29N3O2/c25-19(17-9-5-2-6-10-17)20-22-21(26-23-20)18-11-13-24(14-12-18)15-16-7-3-1-4-8-16/h1-3,5,7,17-18,21H,4,6,8-15H2,(H,22,23). The van der Waals surface area contributed by atoms with Crippen LogP contribution < -0.4 is 5.48 Å². The lowest BCUT2D eigenvalue weighted by atomic mass is 9.90. The number of ketones is 1. The van der Waals surface area contributed by atoms with E-state index in [2.05, 4.69) is 45.8 Å². The summed E-state index contributed by atoms with van der Waals surface area (Å²) in [5.74, 6) is 1.02. The van der Waals surface area contributed by atoms with E-state index in [1.807, 2.05) is 0 Å². The Labute approximate surface area is 155 Å². The Morgan fingerprint density at radius 1 is 1.19 bits per heavy atom. The van der Waals surface area contributed by atoms with Gasteiger partial charge in [0.2, 0.25) is 5.78 Å². The number of nitrogens with zero attached hydrogens (tertiary/aromatic N) is 2. The number of nitrogens with one attached hydrogen (secondary N) is 1. The van der Waals surface area contributed by atoms with Crippen LogP contribution in [0.15, 0.2) is 40.9 Å². The van der Waals surface area contributed by atoms with E-state index in [0.29, 0.717) is 11.8 Å². The number of carbonyl (C=O) groups excluding carboxylic acids is 1. The predicted molar refractivity (Wildman–Crippen MR) is 103 cm³/mol. The highest BCUT2D eigenvalue weighted by molar-refractivity contribution is 6.39.